The van der Waals surface area contributed by atoms with Crippen molar-refractivity contribution < 1.29 is 27.6 Å². The molecule has 0 unspecified atom stereocenters. The number of esters is 1. The Hall–Kier alpha value is -2.32. The third-order valence-corrected chi connectivity index (χ3v) is 3.80. The van der Waals surface area contributed by atoms with E-state index in [9.17, 15) is 28.1 Å². The lowest BCUT2D eigenvalue weighted by atomic mass is 9.97. The van der Waals surface area contributed by atoms with Gasteiger partial charge in [0.05, 0.1) is 23.5 Å². The molecule has 0 bridgehead atoms. The molecule has 6 nitrogen and oxygen atoms in total. The minimum atomic E-state index is -4.65. The molecule has 0 amide bonds. The first-order chi connectivity index (χ1) is 10.7. The van der Waals surface area contributed by atoms with Gasteiger partial charge in [-0.25, -0.2) is 0 Å². The minimum Gasteiger partial charge on any atom is -0.469 e. The van der Waals surface area contributed by atoms with Gasteiger partial charge in [0.15, 0.2) is 0 Å². The fraction of sp³-hybridized carbons (Fsp3) is 0.500. The Morgan fingerprint density at radius 2 is 2.13 bits per heavy atom. The lowest BCUT2D eigenvalue weighted by molar-refractivity contribution is -0.384. The summed E-state index contributed by atoms with van der Waals surface area (Å²) in [6.45, 7) is 0.610. The van der Waals surface area contributed by atoms with Crippen LogP contribution in [0.3, 0.4) is 0 Å². The Morgan fingerprint density at radius 3 is 2.70 bits per heavy atom. The lowest BCUT2D eigenvalue weighted by Gasteiger charge is -2.32. The SMILES string of the molecule is COC(=O)[C@H]1CCCN(c2ccc(C(F)(F)F)cc2[N+](=O)[O-])C1. The number of alkyl halides is 3. The number of nitro groups is 1. The van der Waals surface area contributed by atoms with Gasteiger partial charge in [-0.15, -0.1) is 0 Å². The van der Waals surface area contributed by atoms with E-state index in [1.54, 1.807) is 4.90 Å². The van der Waals surface area contributed by atoms with E-state index in [-0.39, 0.29) is 12.2 Å². The highest BCUT2D eigenvalue weighted by Gasteiger charge is 2.35. The molecular weight excluding hydrogens is 317 g/mol. The summed E-state index contributed by atoms with van der Waals surface area (Å²) in [7, 11) is 1.25. The molecule has 0 N–H and O–H groups in total. The second-order valence-corrected chi connectivity index (χ2v) is 5.27. The van der Waals surface area contributed by atoms with E-state index < -0.39 is 34.2 Å². The summed E-state index contributed by atoms with van der Waals surface area (Å²) in [6, 6.07) is 2.42. The Morgan fingerprint density at radius 1 is 1.43 bits per heavy atom. The van der Waals surface area contributed by atoms with E-state index in [1.165, 1.54) is 7.11 Å². The van der Waals surface area contributed by atoms with Crippen LogP contribution in [-0.2, 0) is 15.7 Å². The molecule has 23 heavy (non-hydrogen) atoms. The van der Waals surface area contributed by atoms with Crippen molar-refractivity contribution in [1.82, 2.24) is 0 Å². The van der Waals surface area contributed by atoms with Gasteiger partial charge in [0.25, 0.3) is 5.69 Å². The highest BCUT2D eigenvalue weighted by molar-refractivity contribution is 5.74. The van der Waals surface area contributed by atoms with E-state index in [2.05, 4.69) is 4.74 Å². The smallest absolute Gasteiger partial charge is 0.416 e. The van der Waals surface area contributed by atoms with Crippen LogP contribution in [0.2, 0.25) is 0 Å². The van der Waals surface area contributed by atoms with Crippen LogP contribution < -0.4 is 4.90 Å². The Bertz CT molecular complexity index is 619. The van der Waals surface area contributed by atoms with Crippen LogP contribution in [0.1, 0.15) is 18.4 Å². The molecule has 0 radical (unpaired) electrons. The average molecular weight is 332 g/mol. The number of hydrogen-bond donors (Lipinski definition) is 0. The fourth-order valence-electron chi connectivity index (χ4n) is 2.67. The number of carbonyl (C=O) groups excluding carboxylic acids is 1. The first-order valence-electron chi connectivity index (χ1n) is 6.92. The maximum Gasteiger partial charge on any atom is 0.416 e. The molecule has 1 aromatic carbocycles. The van der Waals surface area contributed by atoms with Gasteiger partial charge in [0.2, 0.25) is 0 Å². The fourth-order valence-corrected chi connectivity index (χ4v) is 2.67. The van der Waals surface area contributed by atoms with Crippen molar-refractivity contribution in [2.24, 2.45) is 5.92 Å². The molecule has 0 saturated carbocycles. The van der Waals surface area contributed by atoms with Gasteiger partial charge in [-0.05, 0) is 25.0 Å². The number of ether oxygens (including phenoxy) is 1. The minimum absolute atomic E-state index is 0.0802. The van der Waals surface area contributed by atoms with Crippen LogP contribution in [0.5, 0.6) is 0 Å². The molecule has 0 spiro atoms. The normalized spacial score (nSPS) is 18.6. The number of anilines is 1. The lowest BCUT2D eigenvalue weighted by Crippen LogP contribution is -2.39. The number of methoxy groups -OCH3 is 1. The molecular formula is C14H15F3N2O4. The number of nitrogens with zero attached hydrogens (tertiary/aromatic N) is 2. The second-order valence-electron chi connectivity index (χ2n) is 5.27. The molecule has 1 aliphatic heterocycles. The summed E-state index contributed by atoms with van der Waals surface area (Å²) < 4.78 is 42.8. The van der Waals surface area contributed by atoms with E-state index in [1.807, 2.05) is 0 Å². The van der Waals surface area contributed by atoms with Gasteiger partial charge in [-0.1, -0.05) is 0 Å². The molecule has 9 heteroatoms. The third kappa shape index (κ3) is 3.72. The summed E-state index contributed by atoms with van der Waals surface area (Å²) in [4.78, 5) is 23.5. The number of hydrogen-bond acceptors (Lipinski definition) is 5. The quantitative estimate of drug-likeness (QED) is 0.483. The molecule has 2 rings (SSSR count). The maximum atomic E-state index is 12.7. The maximum absolute atomic E-state index is 12.7. The molecule has 1 heterocycles. The number of piperidine rings is 1. The standard InChI is InChI=1S/C14H15F3N2O4/c1-23-13(20)9-3-2-6-18(8-9)11-5-4-10(14(15,16)17)7-12(11)19(21)22/h4-5,7,9H,2-3,6,8H2,1H3/t9-/m0/s1. The van der Waals surface area contributed by atoms with Crippen molar-refractivity contribution in [3.8, 4) is 0 Å². The van der Waals surface area contributed by atoms with Gasteiger partial charge in [0.1, 0.15) is 5.69 Å². The zero-order chi connectivity index (χ0) is 17.2. The van der Waals surface area contributed by atoms with Gasteiger partial charge < -0.3 is 9.64 Å². The van der Waals surface area contributed by atoms with Crippen LogP contribution >= 0.6 is 0 Å². The monoisotopic (exact) mass is 332 g/mol. The first-order valence-corrected chi connectivity index (χ1v) is 6.92. The van der Waals surface area contributed by atoms with Crippen LogP contribution in [0.4, 0.5) is 24.5 Å². The van der Waals surface area contributed by atoms with Crippen LogP contribution in [0.15, 0.2) is 18.2 Å². The first kappa shape index (κ1) is 17.0. The zero-order valence-electron chi connectivity index (χ0n) is 12.3. The van der Waals surface area contributed by atoms with Crippen molar-refractivity contribution in [1.29, 1.82) is 0 Å². The molecule has 1 fully saturated rings. The number of rotatable bonds is 3. The Balaban J connectivity index is 2.35. The highest BCUT2D eigenvalue weighted by atomic mass is 19.4. The second kappa shape index (κ2) is 6.43. The summed E-state index contributed by atoms with van der Waals surface area (Å²) in [5.41, 5.74) is -1.61. The van der Waals surface area contributed by atoms with Crippen LogP contribution in [-0.4, -0.2) is 31.1 Å². The van der Waals surface area contributed by atoms with E-state index in [0.29, 0.717) is 25.5 Å². The number of benzene rings is 1. The third-order valence-electron chi connectivity index (χ3n) is 3.80. The molecule has 0 aliphatic carbocycles. The van der Waals surface area contributed by atoms with Crippen molar-refractivity contribution >= 4 is 17.3 Å². The van der Waals surface area contributed by atoms with Crippen molar-refractivity contribution in [2.45, 2.75) is 19.0 Å². The van der Waals surface area contributed by atoms with Crippen molar-refractivity contribution in [3.05, 3.63) is 33.9 Å². The molecule has 1 aromatic rings. The van der Waals surface area contributed by atoms with Crippen molar-refractivity contribution in [3.63, 3.8) is 0 Å². The summed E-state index contributed by atoms with van der Waals surface area (Å²) in [5, 5.41) is 11.1. The van der Waals surface area contributed by atoms with E-state index in [0.717, 1.165) is 12.1 Å². The summed E-state index contributed by atoms with van der Waals surface area (Å²) in [5.74, 6) is -0.875. The van der Waals surface area contributed by atoms with E-state index in [4.69, 9.17) is 0 Å². The molecule has 0 aromatic heterocycles. The van der Waals surface area contributed by atoms with Gasteiger partial charge >= 0.3 is 12.1 Å². The predicted molar refractivity (Wildman–Crippen MR) is 75.1 cm³/mol. The molecule has 126 valence electrons. The topological polar surface area (TPSA) is 72.7 Å². The number of carbonyl (C=O) groups is 1. The van der Waals surface area contributed by atoms with Crippen molar-refractivity contribution in [2.75, 3.05) is 25.1 Å². The summed E-state index contributed by atoms with van der Waals surface area (Å²) in [6.07, 6.45) is -3.48. The zero-order valence-corrected chi connectivity index (χ0v) is 12.3. The van der Waals surface area contributed by atoms with Crippen LogP contribution in [0, 0.1) is 16.0 Å². The molecule has 1 atom stereocenters. The van der Waals surface area contributed by atoms with Crippen LogP contribution in [0.25, 0.3) is 0 Å². The number of nitro benzene ring substituents is 1. The number of halogens is 3. The molecule has 1 saturated heterocycles. The summed E-state index contributed by atoms with van der Waals surface area (Å²) >= 11 is 0. The Labute approximate surface area is 130 Å². The average Bonchev–Trinajstić information content (AvgIpc) is 2.52. The van der Waals surface area contributed by atoms with Gasteiger partial charge in [-0.2, -0.15) is 13.2 Å². The van der Waals surface area contributed by atoms with Gasteiger partial charge in [0, 0.05) is 19.2 Å². The highest BCUT2D eigenvalue weighted by Crippen LogP contribution is 2.37. The van der Waals surface area contributed by atoms with Gasteiger partial charge in [-0.3, -0.25) is 14.9 Å². The van der Waals surface area contributed by atoms with E-state index >= 15 is 0 Å². The molecule has 1 aliphatic rings. The Kier molecular flexibility index (Phi) is 4.76. The largest absolute Gasteiger partial charge is 0.469 e. The predicted octanol–water partition coefficient (Wildman–Crippen LogP) is 3.00.